The summed E-state index contributed by atoms with van der Waals surface area (Å²) >= 11 is 0. The zero-order valence-corrected chi connectivity index (χ0v) is 12.7. The first-order chi connectivity index (χ1) is 10.2. The maximum atomic E-state index is 11.3. The van der Waals surface area contributed by atoms with Crippen molar-refractivity contribution >= 4 is 23.9 Å². The zero-order valence-electron chi connectivity index (χ0n) is 12.7. The van der Waals surface area contributed by atoms with Gasteiger partial charge in [0.2, 0.25) is 6.10 Å². The van der Waals surface area contributed by atoms with Gasteiger partial charge in [0.25, 0.3) is 0 Å². The van der Waals surface area contributed by atoms with E-state index >= 15 is 0 Å². The molecule has 22 heavy (non-hydrogen) atoms. The van der Waals surface area contributed by atoms with Gasteiger partial charge < -0.3 is 23.7 Å². The Balaban J connectivity index is 3.04. The number of carbonyl (C=O) groups excluding carboxylic acids is 4. The smallest absolute Gasteiger partial charge is 0.319 e. The van der Waals surface area contributed by atoms with E-state index in [1.54, 1.807) is 0 Å². The highest BCUT2D eigenvalue weighted by Gasteiger charge is 2.58. The van der Waals surface area contributed by atoms with E-state index < -0.39 is 41.9 Å². The lowest BCUT2D eigenvalue weighted by Gasteiger charge is -2.32. The molecular formula is C13H18O9. The minimum atomic E-state index is -1.91. The van der Waals surface area contributed by atoms with E-state index in [1.807, 2.05) is 0 Å². The second-order valence-corrected chi connectivity index (χ2v) is 4.68. The standard InChI is InChI=1S/C13H18O9/c1-7(14)18-5-11-12(20-8(2)15)13(6-19-11,21-9(3)16)22-10(4)17/h11-12H,5-6H2,1-4H3/t11-,12?/m1/s1. The van der Waals surface area contributed by atoms with Crippen LogP contribution in [0.15, 0.2) is 0 Å². The van der Waals surface area contributed by atoms with Crippen LogP contribution in [0.2, 0.25) is 0 Å². The number of hydrogen-bond acceptors (Lipinski definition) is 9. The predicted octanol–water partition coefficient (Wildman–Crippen LogP) is -0.297. The van der Waals surface area contributed by atoms with Crippen molar-refractivity contribution in [2.45, 2.75) is 45.7 Å². The summed E-state index contributed by atoms with van der Waals surface area (Å²) < 4.78 is 25.3. The van der Waals surface area contributed by atoms with Gasteiger partial charge in [-0.25, -0.2) is 0 Å². The van der Waals surface area contributed by atoms with Gasteiger partial charge >= 0.3 is 29.7 Å². The molecule has 1 fully saturated rings. The number of rotatable bonds is 5. The van der Waals surface area contributed by atoms with Crippen molar-refractivity contribution in [2.24, 2.45) is 0 Å². The highest BCUT2D eigenvalue weighted by molar-refractivity contribution is 5.70. The molecule has 0 bridgehead atoms. The van der Waals surface area contributed by atoms with Crippen LogP contribution < -0.4 is 0 Å². The molecule has 0 saturated carbocycles. The van der Waals surface area contributed by atoms with Crippen LogP contribution in [0.25, 0.3) is 0 Å². The molecule has 124 valence electrons. The Kier molecular flexibility index (Phi) is 5.86. The van der Waals surface area contributed by atoms with Crippen molar-refractivity contribution in [3.05, 3.63) is 0 Å². The largest absolute Gasteiger partial charge is 0.463 e. The molecule has 0 spiro atoms. The first-order valence-corrected chi connectivity index (χ1v) is 6.47. The maximum Gasteiger partial charge on any atom is 0.319 e. The predicted molar refractivity (Wildman–Crippen MR) is 68.2 cm³/mol. The van der Waals surface area contributed by atoms with Crippen LogP contribution in [-0.2, 0) is 42.9 Å². The third kappa shape index (κ3) is 4.69. The molecule has 9 heteroatoms. The van der Waals surface area contributed by atoms with E-state index in [1.165, 1.54) is 6.92 Å². The third-order valence-corrected chi connectivity index (χ3v) is 2.65. The monoisotopic (exact) mass is 318 g/mol. The fourth-order valence-corrected chi connectivity index (χ4v) is 2.04. The van der Waals surface area contributed by atoms with E-state index in [9.17, 15) is 19.2 Å². The number of ether oxygens (including phenoxy) is 5. The Morgan fingerprint density at radius 1 is 0.955 bits per heavy atom. The Bertz CT molecular complexity index is 454. The van der Waals surface area contributed by atoms with Crippen molar-refractivity contribution in [3.8, 4) is 0 Å². The molecule has 0 N–H and O–H groups in total. The van der Waals surface area contributed by atoms with Gasteiger partial charge in [-0.2, -0.15) is 0 Å². The number of esters is 4. The quantitative estimate of drug-likeness (QED) is 0.383. The molecule has 0 aliphatic carbocycles. The van der Waals surface area contributed by atoms with Crippen LogP contribution >= 0.6 is 0 Å². The molecule has 1 heterocycles. The van der Waals surface area contributed by atoms with Crippen LogP contribution in [0, 0.1) is 0 Å². The second kappa shape index (κ2) is 7.21. The van der Waals surface area contributed by atoms with Gasteiger partial charge in [-0.3, -0.25) is 19.2 Å². The van der Waals surface area contributed by atoms with Gasteiger partial charge in [-0.05, 0) is 0 Å². The first kappa shape index (κ1) is 17.9. The average Bonchev–Trinajstić information content (AvgIpc) is 2.63. The maximum absolute atomic E-state index is 11.3. The molecule has 9 nitrogen and oxygen atoms in total. The van der Waals surface area contributed by atoms with Gasteiger partial charge in [-0.1, -0.05) is 0 Å². The first-order valence-electron chi connectivity index (χ1n) is 6.47. The van der Waals surface area contributed by atoms with Crippen LogP contribution in [0.1, 0.15) is 27.7 Å². The molecule has 0 radical (unpaired) electrons. The van der Waals surface area contributed by atoms with Gasteiger partial charge in [0.15, 0.2) is 0 Å². The summed E-state index contributed by atoms with van der Waals surface area (Å²) in [6.45, 7) is 3.94. The Morgan fingerprint density at radius 3 is 1.91 bits per heavy atom. The Morgan fingerprint density at radius 2 is 1.50 bits per heavy atom. The molecule has 1 aliphatic heterocycles. The van der Waals surface area contributed by atoms with Crippen LogP contribution in [0.5, 0.6) is 0 Å². The second-order valence-electron chi connectivity index (χ2n) is 4.68. The summed E-state index contributed by atoms with van der Waals surface area (Å²) in [7, 11) is 0. The van der Waals surface area contributed by atoms with Crippen molar-refractivity contribution in [2.75, 3.05) is 13.2 Å². The van der Waals surface area contributed by atoms with Crippen LogP contribution in [-0.4, -0.2) is 55.1 Å². The fourth-order valence-electron chi connectivity index (χ4n) is 2.04. The van der Waals surface area contributed by atoms with E-state index in [4.69, 9.17) is 23.7 Å². The summed E-state index contributed by atoms with van der Waals surface area (Å²) in [5, 5.41) is 0. The topological polar surface area (TPSA) is 114 Å². The minimum Gasteiger partial charge on any atom is -0.463 e. The Labute approximate surface area is 126 Å². The molecule has 0 aromatic carbocycles. The molecule has 0 aromatic heterocycles. The van der Waals surface area contributed by atoms with Gasteiger partial charge in [0, 0.05) is 27.7 Å². The number of hydrogen-bond donors (Lipinski definition) is 0. The zero-order chi connectivity index (χ0) is 16.9. The van der Waals surface area contributed by atoms with E-state index in [0.717, 1.165) is 20.8 Å². The highest BCUT2D eigenvalue weighted by atomic mass is 16.8. The molecule has 0 amide bonds. The lowest BCUT2D eigenvalue weighted by Crippen LogP contribution is -2.53. The Hall–Kier alpha value is -2.16. The minimum absolute atomic E-state index is 0.252. The molecule has 2 atom stereocenters. The van der Waals surface area contributed by atoms with Crippen LogP contribution in [0.3, 0.4) is 0 Å². The van der Waals surface area contributed by atoms with E-state index in [-0.39, 0.29) is 13.2 Å². The van der Waals surface area contributed by atoms with Gasteiger partial charge in [0.05, 0.1) is 0 Å². The molecular weight excluding hydrogens is 300 g/mol. The average molecular weight is 318 g/mol. The van der Waals surface area contributed by atoms with Gasteiger partial charge in [0.1, 0.15) is 19.3 Å². The number of carbonyl (C=O) groups is 4. The van der Waals surface area contributed by atoms with Gasteiger partial charge in [-0.15, -0.1) is 0 Å². The summed E-state index contributed by atoms with van der Waals surface area (Å²) in [5.41, 5.74) is 0. The van der Waals surface area contributed by atoms with E-state index in [2.05, 4.69) is 0 Å². The molecule has 1 saturated heterocycles. The third-order valence-electron chi connectivity index (χ3n) is 2.65. The highest BCUT2D eigenvalue weighted by Crippen LogP contribution is 2.33. The van der Waals surface area contributed by atoms with Crippen molar-refractivity contribution in [1.29, 1.82) is 0 Å². The van der Waals surface area contributed by atoms with Crippen molar-refractivity contribution in [3.63, 3.8) is 0 Å². The molecule has 1 aliphatic rings. The lowest BCUT2D eigenvalue weighted by molar-refractivity contribution is -0.252. The summed E-state index contributed by atoms with van der Waals surface area (Å²) in [6.07, 6.45) is -2.19. The normalized spacial score (nSPS) is 22.5. The molecule has 0 aromatic rings. The van der Waals surface area contributed by atoms with Crippen molar-refractivity contribution < 1.29 is 42.9 Å². The summed E-state index contributed by atoms with van der Waals surface area (Å²) in [5.74, 6) is -4.69. The summed E-state index contributed by atoms with van der Waals surface area (Å²) in [4.78, 5) is 44.8. The SMILES string of the molecule is CC(=O)OC[C@H]1OCC(OC(C)=O)(OC(C)=O)C1OC(C)=O. The molecule has 1 rings (SSSR count). The lowest BCUT2D eigenvalue weighted by atomic mass is 10.1. The van der Waals surface area contributed by atoms with Crippen molar-refractivity contribution in [1.82, 2.24) is 0 Å². The summed E-state index contributed by atoms with van der Waals surface area (Å²) in [6, 6.07) is 0. The molecule has 1 unspecified atom stereocenters. The van der Waals surface area contributed by atoms with Crippen LogP contribution in [0.4, 0.5) is 0 Å². The fraction of sp³-hybridized carbons (Fsp3) is 0.692. The van der Waals surface area contributed by atoms with E-state index in [0.29, 0.717) is 0 Å².